The Morgan fingerprint density at radius 2 is 1.93 bits per heavy atom. The van der Waals surface area contributed by atoms with Gasteiger partial charge in [0, 0.05) is 12.8 Å². The number of aliphatic hydroxyl groups excluding tert-OH is 2. The average molecular weight is 389 g/mol. The minimum Gasteiger partial charge on any atom is -0.508 e. The van der Waals surface area contributed by atoms with Crippen LogP contribution in [0.25, 0.3) is 0 Å². The molecular weight excluding hydrogens is 364 g/mol. The van der Waals surface area contributed by atoms with Crippen molar-refractivity contribution in [3.63, 3.8) is 0 Å². The quantitative estimate of drug-likeness (QED) is 0.551. The van der Waals surface area contributed by atoms with Crippen LogP contribution in [-0.4, -0.2) is 28.0 Å². The molecule has 2 aromatic rings. The van der Waals surface area contributed by atoms with Crippen molar-refractivity contribution in [3.05, 3.63) is 82.1 Å². The first-order chi connectivity index (χ1) is 13.0. The summed E-state index contributed by atoms with van der Waals surface area (Å²) >= 11 is 6.02. The summed E-state index contributed by atoms with van der Waals surface area (Å²) < 4.78 is 5.53. The van der Waals surface area contributed by atoms with E-state index in [1.807, 2.05) is 37.3 Å². The molecule has 0 unspecified atom stereocenters. The summed E-state index contributed by atoms with van der Waals surface area (Å²) in [6.45, 7) is 2.59. The van der Waals surface area contributed by atoms with Gasteiger partial charge in [0.15, 0.2) is 0 Å². The summed E-state index contributed by atoms with van der Waals surface area (Å²) in [4.78, 5) is 0. The molecule has 0 bridgehead atoms. The van der Waals surface area contributed by atoms with Crippen LogP contribution in [0.15, 0.2) is 65.9 Å². The summed E-state index contributed by atoms with van der Waals surface area (Å²) in [5.41, 5.74) is 5.57. The summed E-state index contributed by atoms with van der Waals surface area (Å²) in [5, 5.41) is 29.9. The molecule has 0 radical (unpaired) electrons. The van der Waals surface area contributed by atoms with Crippen molar-refractivity contribution in [1.29, 1.82) is 0 Å². The summed E-state index contributed by atoms with van der Waals surface area (Å²) in [6, 6.07) is 14.3. The molecule has 0 saturated heterocycles. The van der Waals surface area contributed by atoms with Gasteiger partial charge in [-0.2, -0.15) is 0 Å². The first kappa shape index (κ1) is 21.2. The highest BCUT2D eigenvalue weighted by atomic mass is 35.5. The van der Waals surface area contributed by atoms with Gasteiger partial charge in [-0.25, -0.2) is 0 Å². The molecule has 144 valence electrons. The van der Waals surface area contributed by atoms with Gasteiger partial charge in [-0.15, -0.1) is 5.73 Å². The number of aromatic hydroxyl groups is 1. The van der Waals surface area contributed by atoms with Crippen molar-refractivity contribution in [3.8, 4) is 5.75 Å². The number of hydrogen-bond donors (Lipinski definition) is 3. The highest BCUT2D eigenvalue weighted by Gasteiger charge is 2.10. The fourth-order valence-corrected chi connectivity index (χ4v) is 2.92. The van der Waals surface area contributed by atoms with E-state index in [1.165, 1.54) is 12.1 Å². The third kappa shape index (κ3) is 7.59. The lowest BCUT2D eigenvalue weighted by atomic mass is 10.1. The molecule has 0 spiro atoms. The maximum absolute atomic E-state index is 10.2. The van der Waals surface area contributed by atoms with Crippen LogP contribution < -0.4 is 0 Å². The zero-order valence-corrected chi connectivity index (χ0v) is 16.1. The van der Waals surface area contributed by atoms with E-state index in [1.54, 1.807) is 12.1 Å². The Morgan fingerprint density at radius 1 is 1.19 bits per heavy atom. The fraction of sp³-hybridized carbons (Fsp3) is 0.318. The second-order valence-electron chi connectivity index (χ2n) is 6.44. The highest BCUT2D eigenvalue weighted by molar-refractivity contribution is 6.31. The number of rotatable bonds is 9. The molecule has 0 saturated carbocycles. The Bertz CT molecular complexity index is 782. The van der Waals surface area contributed by atoms with Gasteiger partial charge >= 0.3 is 0 Å². The Labute approximate surface area is 165 Å². The molecule has 5 heteroatoms. The Kier molecular flexibility index (Phi) is 8.59. The van der Waals surface area contributed by atoms with Crippen LogP contribution >= 0.6 is 11.6 Å². The van der Waals surface area contributed by atoms with Crippen LogP contribution in [0.4, 0.5) is 0 Å². The van der Waals surface area contributed by atoms with E-state index in [9.17, 15) is 15.3 Å². The van der Waals surface area contributed by atoms with E-state index in [2.05, 4.69) is 5.73 Å². The largest absolute Gasteiger partial charge is 0.508 e. The topological polar surface area (TPSA) is 69.9 Å². The third-order valence-electron chi connectivity index (χ3n) is 4.00. The summed E-state index contributed by atoms with van der Waals surface area (Å²) in [5.74, 6) is 0.0608. The number of benzene rings is 2. The zero-order valence-electron chi connectivity index (χ0n) is 15.3. The Balaban J connectivity index is 1.78. The SMILES string of the molecule is CC(=C=CC[C@@H](O)c1ccc(O)cc1Cl)C[C@@H](O)COCc1ccccc1. The molecule has 2 aromatic carbocycles. The van der Waals surface area contributed by atoms with Gasteiger partial charge < -0.3 is 20.1 Å². The predicted molar refractivity (Wildman–Crippen MR) is 107 cm³/mol. The lowest BCUT2D eigenvalue weighted by molar-refractivity contribution is 0.0289. The lowest BCUT2D eigenvalue weighted by Crippen LogP contribution is -2.15. The minimum atomic E-state index is -0.780. The highest BCUT2D eigenvalue weighted by Crippen LogP contribution is 2.28. The van der Waals surface area contributed by atoms with Gasteiger partial charge in [-0.3, -0.25) is 0 Å². The van der Waals surface area contributed by atoms with Crippen molar-refractivity contribution in [2.75, 3.05) is 6.61 Å². The molecule has 4 nitrogen and oxygen atoms in total. The number of ether oxygens (including phenoxy) is 1. The lowest BCUT2D eigenvalue weighted by Gasteiger charge is -2.11. The van der Waals surface area contributed by atoms with Crippen molar-refractivity contribution < 1.29 is 20.1 Å². The predicted octanol–water partition coefficient (Wildman–Crippen LogP) is 4.54. The first-order valence-electron chi connectivity index (χ1n) is 8.82. The minimum absolute atomic E-state index is 0.0608. The smallest absolute Gasteiger partial charge is 0.117 e. The molecule has 3 N–H and O–H groups in total. The molecule has 0 amide bonds. The first-order valence-corrected chi connectivity index (χ1v) is 9.20. The van der Waals surface area contributed by atoms with Gasteiger partial charge in [0.2, 0.25) is 0 Å². The second-order valence-corrected chi connectivity index (χ2v) is 6.85. The van der Waals surface area contributed by atoms with E-state index in [4.69, 9.17) is 16.3 Å². The van der Waals surface area contributed by atoms with Crippen LogP contribution in [0.1, 0.15) is 37.0 Å². The van der Waals surface area contributed by atoms with E-state index in [0.29, 0.717) is 30.0 Å². The number of phenolic OH excluding ortho intramolecular Hbond substituents is 1. The van der Waals surface area contributed by atoms with E-state index < -0.39 is 12.2 Å². The van der Waals surface area contributed by atoms with Crippen LogP contribution in [0, 0.1) is 0 Å². The van der Waals surface area contributed by atoms with Gasteiger partial charge in [0.05, 0.1) is 30.4 Å². The van der Waals surface area contributed by atoms with E-state index in [0.717, 1.165) is 11.1 Å². The molecule has 0 aliphatic rings. The molecule has 0 aromatic heterocycles. The van der Waals surface area contributed by atoms with Crippen LogP contribution in [-0.2, 0) is 11.3 Å². The molecule has 0 fully saturated rings. The van der Waals surface area contributed by atoms with Crippen molar-refractivity contribution >= 4 is 11.6 Å². The number of aliphatic hydroxyl groups is 2. The maximum atomic E-state index is 10.2. The van der Waals surface area contributed by atoms with Gasteiger partial charge in [0.25, 0.3) is 0 Å². The summed E-state index contributed by atoms with van der Waals surface area (Å²) in [6.07, 6.45) is 1.12. The van der Waals surface area contributed by atoms with Crippen molar-refractivity contribution in [1.82, 2.24) is 0 Å². The number of phenols is 1. The normalized spacial score (nSPS) is 12.9. The monoisotopic (exact) mass is 388 g/mol. The number of halogens is 1. The summed E-state index contributed by atoms with van der Waals surface area (Å²) in [7, 11) is 0. The third-order valence-corrected chi connectivity index (χ3v) is 4.32. The standard InChI is InChI=1S/C22H25ClO4/c1-16(12-19(25)15-27-14-17-7-3-2-4-8-17)6-5-9-22(26)20-11-10-18(24)13-21(20)23/h2-5,7-8,10-11,13,19,22,24-26H,9,12,14-15H2,1H3/t6?,19-,22-/m1/s1. The van der Waals surface area contributed by atoms with Crippen LogP contribution in [0.5, 0.6) is 5.75 Å². The van der Waals surface area contributed by atoms with E-state index in [-0.39, 0.29) is 12.4 Å². The molecule has 27 heavy (non-hydrogen) atoms. The van der Waals surface area contributed by atoms with E-state index >= 15 is 0 Å². The van der Waals surface area contributed by atoms with Gasteiger partial charge in [-0.05, 0) is 41.8 Å². The van der Waals surface area contributed by atoms with Crippen molar-refractivity contribution in [2.24, 2.45) is 0 Å². The van der Waals surface area contributed by atoms with Crippen LogP contribution in [0.3, 0.4) is 0 Å². The zero-order chi connectivity index (χ0) is 19.6. The molecule has 2 rings (SSSR count). The Morgan fingerprint density at radius 3 is 2.63 bits per heavy atom. The van der Waals surface area contributed by atoms with Crippen molar-refractivity contribution in [2.45, 2.75) is 38.6 Å². The number of hydrogen-bond acceptors (Lipinski definition) is 4. The van der Waals surface area contributed by atoms with Gasteiger partial charge in [-0.1, -0.05) is 48.0 Å². The molecule has 0 heterocycles. The Hall–Kier alpha value is -2.07. The molecule has 0 aliphatic carbocycles. The maximum Gasteiger partial charge on any atom is 0.117 e. The average Bonchev–Trinajstić information content (AvgIpc) is 2.62. The second kappa shape index (κ2) is 10.9. The molecule has 2 atom stereocenters. The van der Waals surface area contributed by atoms with Gasteiger partial charge in [0.1, 0.15) is 5.75 Å². The fourth-order valence-electron chi connectivity index (χ4n) is 2.62. The molecular formula is C22H25ClO4. The van der Waals surface area contributed by atoms with Crippen LogP contribution in [0.2, 0.25) is 5.02 Å². The molecule has 0 aliphatic heterocycles.